The van der Waals surface area contributed by atoms with Gasteiger partial charge in [-0.15, -0.1) is 0 Å². The summed E-state index contributed by atoms with van der Waals surface area (Å²) in [5.74, 6) is -0.992. The van der Waals surface area contributed by atoms with Crippen LogP contribution in [0.2, 0.25) is 5.02 Å². The van der Waals surface area contributed by atoms with E-state index < -0.39 is 49.9 Å². The molecule has 0 heterocycles. The number of rotatable bonds is 13. The van der Waals surface area contributed by atoms with Gasteiger partial charge in [0, 0.05) is 29.2 Å². The first-order valence-corrected chi connectivity index (χ1v) is 15.8. The minimum absolute atomic E-state index is 0.0186. The SMILES string of the molecule is CC[C@@H](C)NC(=O)[C@H](C)N(Cc1ccc(C)cc1)C(=O)CN(c1cc(Cl)ccc1OC)S(=O)(=O)c1ccc(C)c([N+](=O)[O-])c1. The molecule has 0 aliphatic rings. The highest BCUT2D eigenvalue weighted by molar-refractivity contribution is 7.92. The zero-order valence-electron chi connectivity index (χ0n) is 25.5. The number of nitrogens with zero attached hydrogens (tertiary/aromatic N) is 3. The van der Waals surface area contributed by atoms with E-state index in [0.29, 0.717) is 6.42 Å². The molecular formula is C31H37ClN4O7S. The standard InChI is InChI=1S/C31H37ClN4O7S/c1-7-22(4)33-31(38)23(5)34(18-24-11-8-20(2)9-12-24)30(37)19-35(28-16-25(32)13-15-29(28)43-6)44(41,42)26-14-10-21(3)27(17-26)36(39)40/h8-17,22-23H,7,18-19H2,1-6H3,(H,33,38)/t22-,23+/m1/s1. The number of hydrogen-bond donors (Lipinski definition) is 1. The summed E-state index contributed by atoms with van der Waals surface area (Å²) in [5.41, 5.74) is 1.56. The summed E-state index contributed by atoms with van der Waals surface area (Å²) in [4.78, 5) is 39.2. The monoisotopic (exact) mass is 644 g/mol. The molecule has 2 atom stereocenters. The highest BCUT2D eigenvalue weighted by Crippen LogP contribution is 2.36. The van der Waals surface area contributed by atoms with Crippen molar-refractivity contribution in [3.8, 4) is 5.75 Å². The highest BCUT2D eigenvalue weighted by atomic mass is 35.5. The summed E-state index contributed by atoms with van der Waals surface area (Å²) in [5, 5.41) is 14.7. The van der Waals surface area contributed by atoms with E-state index >= 15 is 0 Å². The summed E-state index contributed by atoms with van der Waals surface area (Å²) in [6.45, 7) is 8.01. The van der Waals surface area contributed by atoms with E-state index in [2.05, 4.69) is 5.32 Å². The van der Waals surface area contributed by atoms with Gasteiger partial charge in [0.2, 0.25) is 11.8 Å². The summed E-state index contributed by atoms with van der Waals surface area (Å²) in [6.07, 6.45) is 0.674. The molecule has 3 rings (SSSR count). The third-order valence-corrected chi connectivity index (χ3v) is 9.29. The maximum Gasteiger partial charge on any atom is 0.273 e. The van der Waals surface area contributed by atoms with E-state index in [9.17, 15) is 28.1 Å². The molecular weight excluding hydrogens is 608 g/mol. The Bertz CT molecular complexity index is 1630. The Morgan fingerprint density at radius 2 is 1.70 bits per heavy atom. The van der Waals surface area contributed by atoms with Crippen LogP contribution in [0.1, 0.15) is 43.9 Å². The number of amides is 2. The van der Waals surface area contributed by atoms with Gasteiger partial charge < -0.3 is 15.0 Å². The average molecular weight is 645 g/mol. The van der Waals surface area contributed by atoms with Crippen molar-refractivity contribution in [2.75, 3.05) is 18.0 Å². The number of carbonyl (C=O) groups excluding carboxylic acids is 2. The van der Waals surface area contributed by atoms with Gasteiger partial charge in [0.15, 0.2) is 0 Å². The van der Waals surface area contributed by atoms with E-state index in [1.807, 2.05) is 45.0 Å². The first-order chi connectivity index (χ1) is 20.7. The molecule has 44 heavy (non-hydrogen) atoms. The fraction of sp³-hybridized carbons (Fsp3) is 0.355. The van der Waals surface area contributed by atoms with Crippen LogP contribution in [0.5, 0.6) is 5.75 Å². The number of methoxy groups -OCH3 is 1. The summed E-state index contributed by atoms with van der Waals surface area (Å²) < 4.78 is 34.6. The van der Waals surface area contributed by atoms with Crippen molar-refractivity contribution in [3.63, 3.8) is 0 Å². The smallest absolute Gasteiger partial charge is 0.273 e. The molecule has 236 valence electrons. The predicted octanol–water partition coefficient (Wildman–Crippen LogP) is 5.40. The Labute approximate surface area is 263 Å². The lowest BCUT2D eigenvalue weighted by atomic mass is 10.1. The molecule has 0 saturated heterocycles. The Hall–Kier alpha value is -4.16. The molecule has 0 bridgehead atoms. The molecule has 0 unspecified atom stereocenters. The van der Waals surface area contributed by atoms with Crippen molar-refractivity contribution < 1.29 is 27.7 Å². The zero-order chi connectivity index (χ0) is 32.8. The van der Waals surface area contributed by atoms with Gasteiger partial charge >= 0.3 is 0 Å². The first kappa shape index (κ1) is 34.3. The molecule has 3 aromatic rings. The van der Waals surface area contributed by atoms with E-state index in [1.54, 1.807) is 6.92 Å². The fourth-order valence-corrected chi connectivity index (χ4v) is 5.99. The third kappa shape index (κ3) is 8.06. The van der Waals surface area contributed by atoms with Crippen molar-refractivity contribution in [2.24, 2.45) is 0 Å². The number of nitro groups is 1. The van der Waals surface area contributed by atoms with Crippen LogP contribution in [0, 0.1) is 24.0 Å². The lowest BCUT2D eigenvalue weighted by Crippen LogP contribution is -2.52. The third-order valence-electron chi connectivity index (χ3n) is 7.30. The number of sulfonamides is 1. The number of nitro benzene ring substituents is 1. The maximum atomic E-state index is 14.2. The van der Waals surface area contributed by atoms with Crippen LogP contribution in [-0.2, 0) is 26.2 Å². The molecule has 3 aromatic carbocycles. The van der Waals surface area contributed by atoms with Crippen LogP contribution in [0.15, 0.2) is 65.6 Å². The van der Waals surface area contributed by atoms with Gasteiger partial charge in [0.1, 0.15) is 18.3 Å². The molecule has 13 heteroatoms. The second-order valence-corrected chi connectivity index (χ2v) is 12.8. The molecule has 1 N–H and O–H groups in total. The van der Waals surface area contributed by atoms with Crippen molar-refractivity contribution in [3.05, 3.63) is 92.5 Å². The highest BCUT2D eigenvalue weighted by Gasteiger charge is 2.35. The second kappa shape index (κ2) is 14.5. The van der Waals surface area contributed by atoms with Gasteiger partial charge in [-0.3, -0.25) is 24.0 Å². The number of carbonyl (C=O) groups is 2. The number of ether oxygens (including phenoxy) is 1. The van der Waals surface area contributed by atoms with Crippen LogP contribution in [0.25, 0.3) is 0 Å². The number of hydrogen-bond acceptors (Lipinski definition) is 7. The lowest BCUT2D eigenvalue weighted by Gasteiger charge is -2.33. The van der Waals surface area contributed by atoms with Gasteiger partial charge in [0.05, 0.1) is 22.6 Å². The van der Waals surface area contributed by atoms with Crippen LogP contribution in [-0.4, -0.2) is 55.8 Å². The Morgan fingerprint density at radius 1 is 1.05 bits per heavy atom. The summed E-state index contributed by atoms with van der Waals surface area (Å²) in [7, 11) is -3.28. The van der Waals surface area contributed by atoms with Crippen molar-refractivity contribution in [2.45, 2.75) is 64.6 Å². The zero-order valence-corrected chi connectivity index (χ0v) is 27.1. The van der Waals surface area contributed by atoms with Gasteiger partial charge in [-0.1, -0.05) is 54.4 Å². The number of anilines is 1. The normalized spacial score (nSPS) is 12.6. The summed E-state index contributed by atoms with van der Waals surface area (Å²) in [6, 6.07) is 14.1. The van der Waals surface area contributed by atoms with Gasteiger partial charge in [0.25, 0.3) is 15.7 Å². The summed E-state index contributed by atoms with van der Waals surface area (Å²) >= 11 is 6.26. The number of nitrogens with one attached hydrogen (secondary N) is 1. The van der Waals surface area contributed by atoms with Gasteiger partial charge in [-0.25, -0.2) is 8.42 Å². The second-order valence-electron chi connectivity index (χ2n) is 10.5. The predicted molar refractivity (Wildman–Crippen MR) is 169 cm³/mol. The number of aryl methyl sites for hydroxylation is 2. The van der Waals surface area contributed by atoms with Crippen LogP contribution in [0.3, 0.4) is 0 Å². The van der Waals surface area contributed by atoms with Crippen molar-refractivity contribution >= 4 is 44.8 Å². The maximum absolute atomic E-state index is 14.2. The Balaban J connectivity index is 2.15. The minimum Gasteiger partial charge on any atom is -0.495 e. The Morgan fingerprint density at radius 3 is 2.30 bits per heavy atom. The van der Waals surface area contributed by atoms with E-state index in [-0.39, 0.29) is 34.6 Å². The van der Waals surface area contributed by atoms with Crippen LogP contribution < -0.4 is 14.4 Å². The van der Waals surface area contributed by atoms with Crippen molar-refractivity contribution in [1.29, 1.82) is 0 Å². The number of benzene rings is 3. The first-order valence-electron chi connectivity index (χ1n) is 14.0. The van der Waals surface area contributed by atoms with Crippen LogP contribution in [0.4, 0.5) is 11.4 Å². The Kier molecular flexibility index (Phi) is 11.3. The quantitative estimate of drug-likeness (QED) is 0.194. The number of halogens is 1. The topological polar surface area (TPSA) is 139 Å². The molecule has 2 amide bonds. The minimum atomic E-state index is -4.61. The average Bonchev–Trinajstić information content (AvgIpc) is 2.98. The van der Waals surface area contributed by atoms with Gasteiger partial charge in [-0.2, -0.15) is 0 Å². The molecule has 0 aromatic heterocycles. The van der Waals surface area contributed by atoms with Gasteiger partial charge in [-0.05, 0) is 63.9 Å². The fourth-order valence-electron chi connectivity index (χ4n) is 4.38. The van der Waals surface area contributed by atoms with E-state index in [4.69, 9.17) is 16.3 Å². The molecule has 0 aliphatic heterocycles. The van der Waals surface area contributed by atoms with Crippen molar-refractivity contribution in [1.82, 2.24) is 10.2 Å². The largest absolute Gasteiger partial charge is 0.495 e. The molecule has 0 radical (unpaired) electrons. The lowest BCUT2D eigenvalue weighted by molar-refractivity contribution is -0.385. The van der Waals surface area contributed by atoms with E-state index in [1.165, 1.54) is 49.3 Å². The van der Waals surface area contributed by atoms with E-state index in [0.717, 1.165) is 21.5 Å². The van der Waals surface area contributed by atoms with Crippen LogP contribution >= 0.6 is 11.6 Å². The molecule has 0 fully saturated rings. The molecule has 0 aliphatic carbocycles. The molecule has 11 nitrogen and oxygen atoms in total. The molecule has 0 spiro atoms. The molecule has 0 saturated carbocycles.